The van der Waals surface area contributed by atoms with E-state index in [2.05, 4.69) is 5.10 Å². The topological polar surface area (TPSA) is 78.0 Å². The van der Waals surface area contributed by atoms with Crippen LogP contribution >= 0.6 is 0 Å². The first kappa shape index (κ1) is 18.3. The van der Waals surface area contributed by atoms with E-state index in [0.29, 0.717) is 22.4 Å². The number of rotatable bonds is 5. The highest BCUT2D eigenvalue weighted by atomic mass is 16.6. The Kier molecular flexibility index (Phi) is 4.98. The molecule has 0 unspecified atom stereocenters. The number of nitro groups is 1. The van der Waals surface area contributed by atoms with Crippen molar-refractivity contribution in [3.05, 3.63) is 92.8 Å². The van der Waals surface area contributed by atoms with Crippen LogP contribution < -0.4 is 0 Å². The molecule has 0 aliphatic carbocycles. The highest BCUT2D eigenvalue weighted by molar-refractivity contribution is 6.08. The first-order chi connectivity index (χ1) is 12.9. The number of allylic oxidation sites excluding steroid dienone is 1. The minimum Gasteiger partial charge on any atom is -0.289 e. The van der Waals surface area contributed by atoms with Crippen LogP contribution in [0.15, 0.2) is 54.6 Å². The molecule has 0 saturated heterocycles. The van der Waals surface area contributed by atoms with E-state index in [9.17, 15) is 14.9 Å². The van der Waals surface area contributed by atoms with E-state index in [1.165, 1.54) is 12.1 Å². The molecule has 0 aliphatic rings. The number of nitro benzene ring substituents is 1. The second-order valence-electron chi connectivity index (χ2n) is 6.29. The highest BCUT2D eigenvalue weighted by Gasteiger charge is 2.17. The van der Waals surface area contributed by atoms with Crippen molar-refractivity contribution in [2.45, 2.75) is 20.8 Å². The largest absolute Gasteiger partial charge is 0.289 e. The van der Waals surface area contributed by atoms with Crippen molar-refractivity contribution < 1.29 is 9.72 Å². The number of ketones is 1. The molecule has 0 N–H and O–H groups in total. The van der Waals surface area contributed by atoms with E-state index in [-0.39, 0.29) is 11.5 Å². The Labute approximate surface area is 156 Å². The van der Waals surface area contributed by atoms with Crippen molar-refractivity contribution in [3.8, 4) is 5.69 Å². The smallest absolute Gasteiger partial charge is 0.272 e. The zero-order valence-electron chi connectivity index (χ0n) is 15.3. The van der Waals surface area contributed by atoms with Gasteiger partial charge in [0, 0.05) is 11.6 Å². The fourth-order valence-electron chi connectivity index (χ4n) is 3.00. The monoisotopic (exact) mass is 361 g/mol. The summed E-state index contributed by atoms with van der Waals surface area (Å²) in [5, 5.41) is 15.5. The van der Waals surface area contributed by atoms with Crippen LogP contribution in [0.1, 0.15) is 32.9 Å². The fourth-order valence-corrected chi connectivity index (χ4v) is 3.00. The molecule has 0 radical (unpaired) electrons. The van der Waals surface area contributed by atoms with Gasteiger partial charge in [0.2, 0.25) is 0 Å². The molecule has 136 valence electrons. The Morgan fingerprint density at radius 1 is 1.11 bits per heavy atom. The molecule has 0 spiro atoms. The number of para-hydroxylation sites is 1. The number of aromatic nitrogens is 2. The normalized spacial score (nSPS) is 11.1. The van der Waals surface area contributed by atoms with E-state index < -0.39 is 4.92 Å². The first-order valence-corrected chi connectivity index (χ1v) is 8.47. The standard InChI is InChI=1S/C21H19N3O3/c1-14-9-10-17(13-19(14)24(26)27)11-12-20(25)21-15(2)22-23(16(21)3)18-7-5-4-6-8-18/h4-13H,1-3H3/b12-11+. The van der Waals surface area contributed by atoms with Gasteiger partial charge in [-0.2, -0.15) is 5.10 Å². The number of hydrogen-bond donors (Lipinski definition) is 0. The first-order valence-electron chi connectivity index (χ1n) is 8.47. The van der Waals surface area contributed by atoms with Crippen molar-refractivity contribution in [3.63, 3.8) is 0 Å². The van der Waals surface area contributed by atoms with Crippen LogP contribution in [0.4, 0.5) is 5.69 Å². The van der Waals surface area contributed by atoms with Gasteiger partial charge in [0.25, 0.3) is 5.69 Å². The summed E-state index contributed by atoms with van der Waals surface area (Å²) in [5.74, 6) is -0.185. The van der Waals surface area contributed by atoms with Crippen LogP contribution in [0.25, 0.3) is 11.8 Å². The molecule has 6 heteroatoms. The molecule has 27 heavy (non-hydrogen) atoms. The van der Waals surface area contributed by atoms with Gasteiger partial charge in [0.05, 0.1) is 27.6 Å². The summed E-state index contributed by atoms with van der Waals surface area (Å²) in [7, 11) is 0. The molecular weight excluding hydrogens is 342 g/mol. The van der Waals surface area contributed by atoms with Crippen LogP contribution in [0, 0.1) is 30.9 Å². The number of hydrogen-bond acceptors (Lipinski definition) is 4. The van der Waals surface area contributed by atoms with Crippen LogP contribution in [0.5, 0.6) is 0 Å². The van der Waals surface area contributed by atoms with E-state index in [1.54, 1.807) is 36.7 Å². The molecule has 3 rings (SSSR count). The van der Waals surface area contributed by atoms with E-state index in [1.807, 2.05) is 37.3 Å². The molecule has 1 aromatic heterocycles. The van der Waals surface area contributed by atoms with Crippen molar-refractivity contribution in [2.75, 3.05) is 0 Å². The second kappa shape index (κ2) is 7.37. The molecule has 6 nitrogen and oxygen atoms in total. The lowest BCUT2D eigenvalue weighted by Crippen LogP contribution is -2.01. The van der Waals surface area contributed by atoms with Crippen molar-refractivity contribution in [2.24, 2.45) is 0 Å². The van der Waals surface area contributed by atoms with Crippen LogP contribution in [0.2, 0.25) is 0 Å². The summed E-state index contributed by atoms with van der Waals surface area (Å²) in [6, 6.07) is 14.5. The van der Waals surface area contributed by atoms with Crippen LogP contribution in [-0.4, -0.2) is 20.5 Å². The lowest BCUT2D eigenvalue weighted by atomic mass is 10.1. The predicted octanol–water partition coefficient (Wildman–Crippen LogP) is 4.60. The molecule has 0 bridgehead atoms. The molecule has 1 heterocycles. The zero-order valence-corrected chi connectivity index (χ0v) is 15.3. The number of carbonyl (C=O) groups is 1. The van der Waals surface area contributed by atoms with Gasteiger partial charge in [-0.1, -0.05) is 36.4 Å². The molecule has 0 saturated carbocycles. The number of aryl methyl sites for hydroxylation is 2. The molecule has 0 aliphatic heterocycles. The average molecular weight is 361 g/mol. The molecule has 0 fully saturated rings. The predicted molar refractivity (Wildman–Crippen MR) is 104 cm³/mol. The summed E-state index contributed by atoms with van der Waals surface area (Å²) >= 11 is 0. The minimum atomic E-state index is -0.424. The summed E-state index contributed by atoms with van der Waals surface area (Å²) in [4.78, 5) is 23.4. The Morgan fingerprint density at radius 3 is 2.48 bits per heavy atom. The van der Waals surface area contributed by atoms with Crippen molar-refractivity contribution in [1.82, 2.24) is 9.78 Å². The van der Waals surface area contributed by atoms with E-state index in [4.69, 9.17) is 0 Å². The minimum absolute atomic E-state index is 0.0360. The van der Waals surface area contributed by atoms with Gasteiger partial charge >= 0.3 is 0 Å². The summed E-state index contributed by atoms with van der Waals surface area (Å²) < 4.78 is 1.74. The van der Waals surface area contributed by atoms with Gasteiger partial charge in [-0.3, -0.25) is 14.9 Å². The molecular formula is C21H19N3O3. The van der Waals surface area contributed by atoms with Gasteiger partial charge in [0.15, 0.2) is 5.78 Å². The number of nitrogens with zero attached hydrogens (tertiary/aromatic N) is 3. The van der Waals surface area contributed by atoms with Gasteiger partial charge < -0.3 is 0 Å². The Hall–Kier alpha value is -3.54. The maximum Gasteiger partial charge on any atom is 0.272 e. The Morgan fingerprint density at radius 2 is 1.81 bits per heavy atom. The van der Waals surface area contributed by atoms with Gasteiger partial charge in [-0.15, -0.1) is 0 Å². The quantitative estimate of drug-likeness (QED) is 0.288. The number of carbonyl (C=O) groups excluding carboxylic acids is 1. The van der Waals surface area contributed by atoms with Gasteiger partial charge in [0.1, 0.15) is 0 Å². The molecule has 0 atom stereocenters. The fraction of sp³-hybridized carbons (Fsp3) is 0.143. The Bertz CT molecular complexity index is 1050. The van der Waals surface area contributed by atoms with Crippen molar-refractivity contribution in [1.29, 1.82) is 0 Å². The Balaban J connectivity index is 1.91. The molecule has 3 aromatic rings. The van der Waals surface area contributed by atoms with E-state index in [0.717, 1.165) is 11.4 Å². The molecule has 0 amide bonds. The maximum absolute atomic E-state index is 12.7. The SMILES string of the molecule is Cc1ccc(/C=C/C(=O)c2c(C)nn(-c3ccccc3)c2C)cc1[N+](=O)[O-]. The second-order valence-corrected chi connectivity index (χ2v) is 6.29. The summed E-state index contributed by atoms with van der Waals surface area (Å²) in [5.41, 5.74) is 4.04. The van der Waals surface area contributed by atoms with E-state index >= 15 is 0 Å². The summed E-state index contributed by atoms with van der Waals surface area (Å²) in [6.07, 6.45) is 3.02. The van der Waals surface area contributed by atoms with Crippen LogP contribution in [0.3, 0.4) is 0 Å². The van der Waals surface area contributed by atoms with Gasteiger partial charge in [-0.25, -0.2) is 4.68 Å². The van der Waals surface area contributed by atoms with Crippen molar-refractivity contribution >= 4 is 17.5 Å². The van der Waals surface area contributed by atoms with Gasteiger partial charge in [-0.05, 0) is 44.5 Å². The maximum atomic E-state index is 12.7. The summed E-state index contributed by atoms with van der Waals surface area (Å²) in [6.45, 7) is 5.33. The lowest BCUT2D eigenvalue weighted by Gasteiger charge is -2.04. The third-order valence-corrected chi connectivity index (χ3v) is 4.40. The highest BCUT2D eigenvalue weighted by Crippen LogP contribution is 2.22. The third kappa shape index (κ3) is 3.69. The average Bonchev–Trinajstić information content (AvgIpc) is 2.95. The van der Waals surface area contributed by atoms with Crippen LogP contribution in [-0.2, 0) is 0 Å². The zero-order chi connectivity index (χ0) is 19.6. The third-order valence-electron chi connectivity index (χ3n) is 4.40. The lowest BCUT2D eigenvalue weighted by molar-refractivity contribution is -0.385. The molecule has 2 aromatic carbocycles. The number of benzene rings is 2.